The molecule has 166 valence electrons. The monoisotopic (exact) mass is 423 g/mol. The molecule has 31 heavy (non-hydrogen) atoms. The molecule has 3 heterocycles. The highest BCUT2D eigenvalue weighted by Gasteiger charge is 2.31. The maximum atomic E-state index is 13.0. The van der Waals surface area contributed by atoms with E-state index in [0.717, 1.165) is 63.1 Å². The summed E-state index contributed by atoms with van der Waals surface area (Å²) in [5, 5.41) is 3.16. The van der Waals surface area contributed by atoms with E-state index in [-0.39, 0.29) is 23.8 Å². The molecule has 2 N–H and O–H groups in total. The van der Waals surface area contributed by atoms with Crippen LogP contribution in [0.5, 0.6) is 0 Å². The van der Waals surface area contributed by atoms with Gasteiger partial charge in [0.2, 0.25) is 5.91 Å². The minimum Gasteiger partial charge on any atom is -0.347 e. The molecule has 0 bridgehead atoms. The molecule has 1 aromatic heterocycles. The second kappa shape index (κ2) is 9.64. The molecule has 4 rings (SSSR count). The maximum Gasteiger partial charge on any atom is 0.272 e. The molecule has 1 aromatic carbocycles. The van der Waals surface area contributed by atoms with Crippen LogP contribution in [-0.2, 0) is 4.79 Å². The molecule has 7 nitrogen and oxygen atoms in total. The van der Waals surface area contributed by atoms with Gasteiger partial charge < -0.3 is 20.1 Å². The smallest absolute Gasteiger partial charge is 0.272 e. The molecular formula is C24H33N5O2. The lowest BCUT2D eigenvalue weighted by Crippen LogP contribution is -2.43. The molecule has 2 amide bonds. The average molecular weight is 424 g/mol. The number of carbonyl (C=O) groups excluding carboxylic acids is 2. The molecule has 2 fully saturated rings. The molecule has 0 radical (unpaired) electrons. The Morgan fingerprint density at radius 2 is 1.81 bits per heavy atom. The maximum absolute atomic E-state index is 13.0. The Morgan fingerprint density at radius 3 is 2.55 bits per heavy atom. The summed E-state index contributed by atoms with van der Waals surface area (Å²) in [5.74, 6) is 0.847. The van der Waals surface area contributed by atoms with E-state index in [1.165, 1.54) is 6.42 Å². The zero-order valence-electron chi connectivity index (χ0n) is 18.6. The number of nitrogens with one attached hydrogen (secondary N) is 2. The molecular weight excluding hydrogens is 390 g/mol. The molecule has 2 aliphatic rings. The number of aryl methyl sites for hydroxylation is 1. The first-order valence-electron chi connectivity index (χ1n) is 11.4. The second-order valence-electron chi connectivity index (χ2n) is 8.98. The number of amides is 2. The Bertz CT molecular complexity index is 904. The van der Waals surface area contributed by atoms with E-state index in [4.69, 9.17) is 0 Å². The van der Waals surface area contributed by atoms with Crippen molar-refractivity contribution in [2.24, 2.45) is 5.92 Å². The van der Waals surface area contributed by atoms with Crippen molar-refractivity contribution in [3.8, 4) is 11.4 Å². The summed E-state index contributed by atoms with van der Waals surface area (Å²) in [6.45, 7) is 5.15. The van der Waals surface area contributed by atoms with E-state index in [1.54, 1.807) is 0 Å². The zero-order chi connectivity index (χ0) is 21.8. The first-order chi connectivity index (χ1) is 15.0. The number of benzene rings is 1. The number of aromatic nitrogens is 2. The standard InChI is InChI=1S/C24H33N5O2/c1-17-21(27-22(25-17)18-9-5-3-6-10-18)23(30)26-20-12-11-19(15-28(2)16-20)24(31)29-13-7-4-8-14-29/h3,5-6,9-10,19-20H,4,7-8,11-16H2,1-2H3,(H,25,27)(H,26,30)/t19-,20+/m1/s1. The quantitative estimate of drug-likeness (QED) is 0.792. The van der Waals surface area contributed by atoms with Crippen LogP contribution >= 0.6 is 0 Å². The van der Waals surface area contributed by atoms with Crippen molar-refractivity contribution in [1.29, 1.82) is 0 Å². The van der Waals surface area contributed by atoms with Crippen molar-refractivity contribution in [2.75, 3.05) is 33.2 Å². The fourth-order valence-corrected chi connectivity index (χ4v) is 4.77. The van der Waals surface area contributed by atoms with E-state index in [0.29, 0.717) is 11.5 Å². The Hall–Kier alpha value is -2.67. The van der Waals surface area contributed by atoms with Crippen molar-refractivity contribution in [3.05, 3.63) is 41.7 Å². The number of imidazole rings is 1. The van der Waals surface area contributed by atoms with E-state index >= 15 is 0 Å². The molecule has 2 atom stereocenters. The van der Waals surface area contributed by atoms with E-state index < -0.39 is 0 Å². The van der Waals surface area contributed by atoms with Gasteiger partial charge in [-0.25, -0.2) is 4.98 Å². The van der Waals surface area contributed by atoms with Crippen LogP contribution in [0.25, 0.3) is 11.4 Å². The summed E-state index contributed by atoms with van der Waals surface area (Å²) in [6, 6.07) is 9.82. The van der Waals surface area contributed by atoms with Crippen LogP contribution in [0, 0.1) is 12.8 Å². The van der Waals surface area contributed by atoms with Crippen LogP contribution in [0.4, 0.5) is 0 Å². The Kier molecular flexibility index (Phi) is 6.70. The zero-order valence-corrected chi connectivity index (χ0v) is 18.6. The largest absolute Gasteiger partial charge is 0.347 e. The lowest BCUT2D eigenvalue weighted by molar-refractivity contribution is -0.137. The van der Waals surface area contributed by atoms with Crippen molar-refractivity contribution in [1.82, 2.24) is 25.1 Å². The molecule has 0 unspecified atom stereocenters. The van der Waals surface area contributed by atoms with Crippen LogP contribution in [0.15, 0.2) is 30.3 Å². The second-order valence-corrected chi connectivity index (χ2v) is 8.98. The lowest BCUT2D eigenvalue weighted by atomic mass is 9.99. The van der Waals surface area contributed by atoms with Crippen molar-refractivity contribution < 1.29 is 9.59 Å². The minimum absolute atomic E-state index is 0.00734. The van der Waals surface area contributed by atoms with Gasteiger partial charge in [0, 0.05) is 43.5 Å². The molecule has 2 aliphatic heterocycles. The first kappa shape index (κ1) is 21.6. The van der Waals surface area contributed by atoms with Crippen LogP contribution in [0.3, 0.4) is 0 Å². The number of likely N-dealkylation sites (tertiary alicyclic amines) is 2. The van der Waals surface area contributed by atoms with Gasteiger partial charge in [0.1, 0.15) is 11.5 Å². The van der Waals surface area contributed by atoms with E-state index in [2.05, 4.69) is 20.2 Å². The van der Waals surface area contributed by atoms with Gasteiger partial charge in [0.05, 0.1) is 5.92 Å². The van der Waals surface area contributed by atoms with Gasteiger partial charge >= 0.3 is 0 Å². The Morgan fingerprint density at radius 1 is 1.06 bits per heavy atom. The number of carbonyl (C=O) groups is 2. The van der Waals surface area contributed by atoms with Crippen LogP contribution < -0.4 is 5.32 Å². The topological polar surface area (TPSA) is 81.3 Å². The highest BCUT2D eigenvalue weighted by molar-refractivity contribution is 5.94. The van der Waals surface area contributed by atoms with Gasteiger partial charge in [-0.05, 0) is 46.1 Å². The molecule has 2 aromatic rings. The highest BCUT2D eigenvalue weighted by atomic mass is 16.2. The minimum atomic E-state index is -0.157. The summed E-state index contributed by atoms with van der Waals surface area (Å²) >= 11 is 0. The highest BCUT2D eigenvalue weighted by Crippen LogP contribution is 2.22. The van der Waals surface area contributed by atoms with Crippen LogP contribution in [0.1, 0.15) is 48.3 Å². The number of hydrogen-bond acceptors (Lipinski definition) is 4. The fraction of sp³-hybridized carbons (Fsp3) is 0.542. The third-order valence-electron chi connectivity index (χ3n) is 6.43. The first-order valence-corrected chi connectivity index (χ1v) is 11.4. The number of aromatic amines is 1. The van der Waals surface area contributed by atoms with E-state index in [9.17, 15) is 9.59 Å². The number of piperidine rings is 1. The van der Waals surface area contributed by atoms with Crippen molar-refractivity contribution in [3.63, 3.8) is 0 Å². The Balaban J connectivity index is 1.39. The summed E-state index contributed by atoms with van der Waals surface area (Å²) in [6.07, 6.45) is 5.05. The fourth-order valence-electron chi connectivity index (χ4n) is 4.77. The van der Waals surface area contributed by atoms with Gasteiger partial charge in [-0.2, -0.15) is 0 Å². The summed E-state index contributed by atoms with van der Waals surface area (Å²) in [4.78, 5) is 37.9. The average Bonchev–Trinajstić information content (AvgIpc) is 3.08. The van der Waals surface area contributed by atoms with Gasteiger partial charge in [-0.1, -0.05) is 30.3 Å². The van der Waals surface area contributed by atoms with Gasteiger partial charge in [-0.15, -0.1) is 0 Å². The van der Waals surface area contributed by atoms with Gasteiger partial charge in [0.25, 0.3) is 5.91 Å². The predicted octanol–water partition coefficient (Wildman–Crippen LogP) is 2.84. The summed E-state index contributed by atoms with van der Waals surface area (Å²) in [5.41, 5.74) is 2.15. The number of H-pyrrole nitrogens is 1. The molecule has 0 spiro atoms. The predicted molar refractivity (Wildman–Crippen MR) is 121 cm³/mol. The molecule has 2 saturated heterocycles. The van der Waals surface area contributed by atoms with Crippen molar-refractivity contribution in [2.45, 2.75) is 45.1 Å². The number of rotatable bonds is 4. The summed E-state index contributed by atoms with van der Waals surface area (Å²) in [7, 11) is 2.04. The molecule has 0 saturated carbocycles. The number of likely N-dealkylation sites (N-methyl/N-ethyl adjacent to an activating group) is 1. The lowest BCUT2D eigenvalue weighted by Gasteiger charge is -2.31. The number of hydrogen-bond donors (Lipinski definition) is 2. The third kappa shape index (κ3) is 5.15. The normalized spacial score (nSPS) is 22.7. The van der Waals surface area contributed by atoms with E-state index in [1.807, 2.05) is 49.2 Å². The molecule has 7 heteroatoms. The van der Waals surface area contributed by atoms with Crippen LogP contribution in [0.2, 0.25) is 0 Å². The molecule has 0 aliphatic carbocycles. The SMILES string of the molecule is Cc1[nH]c(-c2ccccc2)nc1C(=O)N[C@H]1CC[C@@H](C(=O)N2CCCCC2)CN(C)C1. The van der Waals surface area contributed by atoms with Gasteiger partial charge in [0.15, 0.2) is 0 Å². The van der Waals surface area contributed by atoms with Crippen LogP contribution in [-0.4, -0.2) is 70.9 Å². The summed E-state index contributed by atoms with van der Waals surface area (Å²) < 4.78 is 0. The van der Waals surface area contributed by atoms with Crippen molar-refractivity contribution >= 4 is 11.8 Å². The third-order valence-corrected chi connectivity index (χ3v) is 6.43. The Labute approximate surface area is 184 Å². The number of nitrogens with zero attached hydrogens (tertiary/aromatic N) is 3. The van der Waals surface area contributed by atoms with Gasteiger partial charge in [-0.3, -0.25) is 9.59 Å².